The molecule has 2 saturated heterocycles. The zero-order chi connectivity index (χ0) is 32.6. The lowest BCUT2D eigenvalue weighted by atomic mass is 9.95. The van der Waals surface area contributed by atoms with Gasteiger partial charge in [0.15, 0.2) is 10.8 Å². The van der Waals surface area contributed by atoms with Crippen LogP contribution in [0.1, 0.15) is 36.0 Å². The van der Waals surface area contributed by atoms with Gasteiger partial charge in [0, 0.05) is 71.3 Å². The van der Waals surface area contributed by atoms with E-state index < -0.39 is 17.6 Å². The van der Waals surface area contributed by atoms with Crippen LogP contribution in [0, 0.1) is 0 Å². The molecule has 11 nitrogen and oxygen atoms in total. The third-order valence-electron chi connectivity index (χ3n) is 8.46. The Hall–Kier alpha value is -3.97. The predicted octanol–water partition coefficient (Wildman–Crippen LogP) is 5.00. The van der Waals surface area contributed by atoms with E-state index >= 15 is 0 Å². The SMILES string of the molecule is COC(=O)C1=C(CN2CCN3C(=O)N(c4ccc(C(C)(C)OC=O)cc4)C[C@@H]3C2)NC(c2nccs2)=N[C@H]1c1ccc(Cl)cc1Cl. The molecule has 3 aliphatic heterocycles. The molecule has 0 radical (unpaired) electrons. The minimum Gasteiger partial charge on any atom is -0.466 e. The van der Waals surface area contributed by atoms with Gasteiger partial charge in [0.2, 0.25) is 0 Å². The molecule has 0 bridgehead atoms. The first-order chi connectivity index (χ1) is 22.1. The van der Waals surface area contributed by atoms with Gasteiger partial charge < -0.3 is 19.7 Å². The van der Waals surface area contributed by atoms with Gasteiger partial charge in [-0.05, 0) is 43.7 Å². The highest BCUT2D eigenvalue weighted by Gasteiger charge is 2.42. The third-order valence-corrected chi connectivity index (χ3v) is 9.80. The highest BCUT2D eigenvalue weighted by atomic mass is 35.5. The number of hydrogen-bond donors (Lipinski definition) is 1. The van der Waals surface area contributed by atoms with Gasteiger partial charge >= 0.3 is 12.0 Å². The fourth-order valence-electron chi connectivity index (χ4n) is 6.05. The van der Waals surface area contributed by atoms with Crippen LogP contribution in [-0.4, -0.2) is 85.0 Å². The van der Waals surface area contributed by atoms with Crippen molar-refractivity contribution in [2.75, 3.05) is 44.7 Å². The van der Waals surface area contributed by atoms with Gasteiger partial charge in [-0.2, -0.15) is 0 Å². The van der Waals surface area contributed by atoms with E-state index in [1.165, 1.54) is 18.4 Å². The van der Waals surface area contributed by atoms with Gasteiger partial charge in [-0.3, -0.25) is 19.6 Å². The predicted molar refractivity (Wildman–Crippen MR) is 176 cm³/mol. The van der Waals surface area contributed by atoms with Crippen LogP contribution in [0.4, 0.5) is 10.5 Å². The summed E-state index contributed by atoms with van der Waals surface area (Å²) in [5, 5.41) is 6.76. The molecule has 0 spiro atoms. The first kappa shape index (κ1) is 32.0. The summed E-state index contributed by atoms with van der Waals surface area (Å²) in [7, 11) is 1.34. The van der Waals surface area contributed by atoms with Gasteiger partial charge in [-0.1, -0.05) is 41.4 Å². The number of amidine groups is 1. The Kier molecular flexibility index (Phi) is 9.06. The molecule has 2 aromatic carbocycles. The maximum Gasteiger partial charge on any atom is 0.338 e. The van der Waals surface area contributed by atoms with Crippen LogP contribution >= 0.6 is 34.5 Å². The standard InChI is InChI=1S/C32H32Cl2N6O5S/c1-32(2,45-18-41)19-4-7-21(8-5-19)40-16-22-15-38(11-12-39(22)31(40)43)17-25-26(30(42)44-3)27(23-9-6-20(33)14-24(23)34)37-28(36-25)29-35-10-13-46-29/h4-10,13-14,18,22,27H,11-12,15-17H2,1-3H3,(H,36,37)/t22-,27-/m0/s1. The summed E-state index contributed by atoms with van der Waals surface area (Å²) in [6.07, 6.45) is 1.70. The Balaban J connectivity index is 1.25. The number of nitrogens with one attached hydrogen (secondary N) is 1. The number of carbonyl (C=O) groups is 3. The van der Waals surface area contributed by atoms with E-state index in [1.807, 2.05) is 48.4 Å². The highest BCUT2D eigenvalue weighted by Crippen LogP contribution is 2.38. The van der Waals surface area contributed by atoms with Crippen molar-refractivity contribution in [1.29, 1.82) is 0 Å². The van der Waals surface area contributed by atoms with Crippen molar-refractivity contribution in [1.82, 2.24) is 20.1 Å². The molecule has 14 heteroatoms. The number of fused-ring (bicyclic) bond motifs is 1. The molecule has 2 fully saturated rings. The number of aromatic nitrogens is 1. The summed E-state index contributed by atoms with van der Waals surface area (Å²) in [6.45, 7) is 6.67. The van der Waals surface area contributed by atoms with Crippen molar-refractivity contribution in [3.05, 3.63) is 91.5 Å². The second-order valence-electron chi connectivity index (χ2n) is 11.6. The number of piperazine rings is 1. The first-order valence-corrected chi connectivity index (χ1v) is 16.3. The molecule has 3 aromatic rings. The van der Waals surface area contributed by atoms with Crippen LogP contribution < -0.4 is 10.2 Å². The van der Waals surface area contributed by atoms with E-state index in [9.17, 15) is 14.4 Å². The Morgan fingerprint density at radius 1 is 1.15 bits per heavy atom. The second-order valence-corrected chi connectivity index (χ2v) is 13.4. The van der Waals surface area contributed by atoms with E-state index in [-0.39, 0.29) is 12.1 Å². The molecule has 2 atom stereocenters. The molecule has 2 amide bonds. The molecule has 6 rings (SSSR count). The molecule has 46 heavy (non-hydrogen) atoms. The van der Waals surface area contributed by atoms with Crippen LogP contribution in [-0.2, 0) is 24.7 Å². The lowest BCUT2D eigenvalue weighted by Crippen LogP contribution is -2.53. The summed E-state index contributed by atoms with van der Waals surface area (Å²) in [4.78, 5) is 52.9. The average molecular weight is 684 g/mol. The number of thiazole rings is 1. The molecular weight excluding hydrogens is 651 g/mol. The smallest absolute Gasteiger partial charge is 0.338 e. The summed E-state index contributed by atoms with van der Waals surface area (Å²) < 4.78 is 10.5. The number of halogens is 2. The zero-order valence-electron chi connectivity index (χ0n) is 25.4. The molecule has 0 unspecified atom stereocenters. The van der Waals surface area contributed by atoms with Gasteiger partial charge in [0.05, 0.1) is 18.7 Å². The van der Waals surface area contributed by atoms with E-state index in [4.69, 9.17) is 37.7 Å². The number of aliphatic imine (C=N–C) groups is 1. The maximum atomic E-state index is 13.5. The van der Waals surface area contributed by atoms with Crippen molar-refractivity contribution in [3.8, 4) is 0 Å². The Bertz CT molecular complexity index is 1710. The Labute approximate surface area is 280 Å². The number of carbonyl (C=O) groups excluding carboxylic acids is 3. The summed E-state index contributed by atoms with van der Waals surface area (Å²) >= 11 is 14.3. The molecule has 1 aromatic heterocycles. The number of anilines is 1. The summed E-state index contributed by atoms with van der Waals surface area (Å²) in [5.41, 5.74) is 2.42. The fraction of sp³-hybridized carbons (Fsp3) is 0.344. The number of urea groups is 1. The van der Waals surface area contributed by atoms with E-state index in [2.05, 4.69) is 15.2 Å². The lowest BCUT2D eigenvalue weighted by Gasteiger charge is -2.38. The number of esters is 1. The second kappa shape index (κ2) is 13.0. The maximum absolute atomic E-state index is 13.5. The molecule has 3 aliphatic rings. The molecule has 1 N–H and O–H groups in total. The number of benzene rings is 2. The lowest BCUT2D eigenvalue weighted by molar-refractivity contribution is -0.141. The number of nitrogens with zero attached hydrogens (tertiary/aromatic N) is 5. The van der Waals surface area contributed by atoms with Crippen molar-refractivity contribution in [2.45, 2.75) is 31.5 Å². The molecule has 0 saturated carbocycles. The molecule has 4 heterocycles. The number of methoxy groups -OCH3 is 1. The van der Waals surface area contributed by atoms with Crippen molar-refractivity contribution in [3.63, 3.8) is 0 Å². The van der Waals surface area contributed by atoms with Crippen molar-refractivity contribution >= 4 is 64.5 Å². The Morgan fingerprint density at radius 3 is 2.61 bits per heavy atom. The third kappa shape index (κ3) is 6.22. The summed E-state index contributed by atoms with van der Waals surface area (Å²) in [5.74, 6) is 0.00571. The van der Waals surface area contributed by atoms with Crippen molar-refractivity contribution in [2.24, 2.45) is 4.99 Å². The normalized spacial score (nSPS) is 20.3. The molecule has 240 valence electrons. The highest BCUT2D eigenvalue weighted by molar-refractivity contribution is 7.11. The van der Waals surface area contributed by atoms with Gasteiger partial charge in [0.25, 0.3) is 6.47 Å². The Morgan fingerprint density at radius 2 is 1.93 bits per heavy atom. The van der Waals surface area contributed by atoms with Crippen LogP contribution in [0.3, 0.4) is 0 Å². The number of rotatable bonds is 9. The number of amides is 2. The minimum atomic E-state index is -0.778. The first-order valence-electron chi connectivity index (χ1n) is 14.6. The largest absolute Gasteiger partial charge is 0.466 e. The molecule has 0 aliphatic carbocycles. The van der Waals surface area contributed by atoms with Crippen LogP contribution in [0.5, 0.6) is 0 Å². The summed E-state index contributed by atoms with van der Waals surface area (Å²) in [6, 6.07) is 11.7. The van der Waals surface area contributed by atoms with E-state index in [0.717, 1.165) is 11.3 Å². The monoisotopic (exact) mass is 682 g/mol. The van der Waals surface area contributed by atoms with Gasteiger partial charge in [-0.15, -0.1) is 11.3 Å². The van der Waals surface area contributed by atoms with Crippen molar-refractivity contribution < 1.29 is 23.9 Å². The van der Waals surface area contributed by atoms with Crippen LogP contribution in [0.25, 0.3) is 0 Å². The number of ether oxygens (including phenoxy) is 2. The van der Waals surface area contributed by atoms with E-state index in [1.54, 1.807) is 29.3 Å². The molecular formula is C32H32Cl2N6O5S. The topological polar surface area (TPSA) is 117 Å². The van der Waals surface area contributed by atoms with Crippen LogP contribution in [0.15, 0.2) is 70.3 Å². The zero-order valence-corrected chi connectivity index (χ0v) is 27.7. The number of hydrogen-bond acceptors (Lipinski definition) is 10. The van der Waals surface area contributed by atoms with Gasteiger partial charge in [-0.25, -0.2) is 14.6 Å². The minimum absolute atomic E-state index is 0.0540. The fourth-order valence-corrected chi connectivity index (χ4v) is 7.15. The van der Waals surface area contributed by atoms with Crippen LogP contribution in [0.2, 0.25) is 10.0 Å². The quantitative estimate of drug-likeness (QED) is 0.248. The van der Waals surface area contributed by atoms with Gasteiger partial charge in [0.1, 0.15) is 11.6 Å². The average Bonchev–Trinajstić information content (AvgIpc) is 3.69. The van der Waals surface area contributed by atoms with E-state index in [0.29, 0.717) is 76.9 Å².